The Morgan fingerprint density at radius 1 is 1.32 bits per heavy atom. The minimum atomic E-state index is -0.512. The van der Waals surface area contributed by atoms with Gasteiger partial charge in [0.1, 0.15) is 0 Å². The summed E-state index contributed by atoms with van der Waals surface area (Å²) in [6.07, 6.45) is 1.99. The van der Waals surface area contributed by atoms with Crippen LogP contribution in [0.2, 0.25) is 0 Å². The van der Waals surface area contributed by atoms with E-state index in [2.05, 4.69) is 4.98 Å². The summed E-state index contributed by atoms with van der Waals surface area (Å²) in [5.41, 5.74) is 1.05. The van der Waals surface area contributed by atoms with Crippen molar-refractivity contribution in [2.45, 2.75) is 6.92 Å². The van der Waals surface area contributed by atoms with Gasteiger partial charge in [-0.25, -0.2) is 4.98 Å². The second-order valence-corrected chi connectivity index (χ2v) is 3.88. The van der Waals surface area contributed by atoms with Gasteiger partial charge in [0.15, 0.2) is 6.29 Å². The predicted octanol–water partition coefficient (Wildman–Crippen LogP) is 2.90. The number of benzene rings is 1. The first kappa shape index (κ1) is 12.7. The van der Waals surface area contributed by atoms with Gasteiger partial charge in [-0.1, -0.05) is 6.07 Å². The number of ether oxygens (including phenoxy) is 1. The highest BCUT2D eigenvalue weighted by atomic mass is 16.6. The summed E-state index contributed by atoms with van der Waals surface area (Å²) < 4.78 is 5.36. The molecule has 0 aliphatic carbocycles. The Morgan fingerprint density at radius 3 is 2.68 bits per heavy atom. The lowest BCUT2D eigenvalue weighted by atomic mass is 10.2. The molecule has 96 valence electrons. The number of carbonyl (C=O) groups is 1. The largest absolute Gasteiger partial charge is 0.432 e. The van der Waals surface area contributed by atoms with Gasteiger partial charge in [0, 0.05) is 23.9 Å². The van der Waals surface area contributed by atoms with Crippen LogP contribution in [-0.4, -0.2) is 16.2 Å². The normalized spacial score (nSPS) is 9.95. The molecule has 0 amide bonds. The summed E-state index contributed by atoms with van der Waals surface area (Å²) >= 11 is 0. The number of pyridine rings is 1. The second kappa shape index (κ2) is 5.26. The van der Waals surface area contributed by atoms with Gasteiger partial charge < -0.3 is 4.74 Å². The smallest absolute Gasteiger partial charge is 0.311 e. The SMILES string of the molecule is Cc1ccc(Oc2ccc(C=O)cn2)c([N+](=O)[O-])c1. The Balaban J connectivity index is 2.31. The maximum atomic E-state index is 10.9. The Labute approximate surface area is 108 Å². The Kier molecular flexibility index (Phi) is 3.51. The van der Waals surface area contributed by atoms with E-state index in [1.54, 1.807) is 13.0 Å². The van der Waals surface area contributed by atoms with Crippen LogP contribution in [0.15, 0.2) is 36.5 Å². The molecule has 1 heterocycles. The third-order valence-corrected chi connectivity index (χ3v) is 2.42. The highest BCUT2D eigenvalue weighted by Crippen LogP contribution is 2.31. The molecule has 0 radical (unpaired) electrons. The molecule has 2 aromatic rings. The van der Waals surface area contributed by atoms with Gasteiger partial charge in [0.25, 0.3) is 0 Å². The van der Waals surface area contributed by atoms with Crippen molar-refractivity contribution >= 4 is 12.0 Å². The molecule has 1 aromatic carbocycles. The zero-order valence-corrected chi connectivity index (χ0v) is 10.1. The van der Waals surface area contributed by atoms with E-state index in [0.717, 1.165) is 5.56 Å². The van der Waals surface area contributed by atoms with Crippen molar-refractivity contribution < 1.29 is 14.5 Å². The molecule has 19 heavy (non-hydrogen) atoms. The van der Waals surface area contributed by atoms with Crippen LogP contribution in [0.3, 0.4) is 0 Å². The van der Waals surface area contributed by atoms with Crippen LogP contribution in [0.4, 0.5) is 5.69 Å². The number of aromatic nitrogens is 1. The molecule has 0 fully saturated rings. The van der Waals surface area contributed by atoms with E-state index in [1.807, 2.05) is 0 Å². The minimum absolute atomic E-state index is 0.113. The molecule has 0 aliphatic rings. The monoisotopic (exact) mass is 258 g/mol. The lowest BCUT2D eigenvalue weighted by Gasteiger charge is -2.05. The average molecular weight is 258 g/mol. The molecule has 1 aromatic heterocycles. The second-order valence-electron chi connectivity index (χ2n) is 3.88. The fraction of sp³-hybridized carbons (Fsp3) is 0.0769. The number of hydrogen-bond acceptors (Lipinski definition) is 5. The number of aryl methyl sites for hydroxylation is 1. The van der Waals surface area contributed by atoms with Gasteiger partial charge in [-0.3, -0.25) is 14.9 Å². The van der Waals surface area contributed by atoms with E-state index < -0.39 is 4.92 Å². The molecular formula is C13H10N2O4. The molecule has 0 bridgehead atoms. The van der Waals surface area contributed by atoms with Crippen molar-refractivity contribution in [3.8, 4) is 11.6 Å². The summed E-state index contributed by atoms with van der Waals surface area (Å²) in [6, 6.07) is 7.66. The first-order valence-electron chi connectivity index (χ1n) is 5.44. The van der Waals surface area contributed by atoms with E-state index >= 15 is 0 Å². The third kappa shape index (κ3) is 2.92. The average Bonchev–Trinajstić information content (AvgIpc) is 2.41. The van der Waals surface area contributed by atoms with Gasteiger partial charge in [0.2, 0.25) is 11.6 Å². The van der Waals surface area contributed by atoms with Crippen molar-refractivity contribution in [1.29, 1.82) is 0 Å². The quantitative estimate of drug-likeness (QED) is 0.478. The molecule has 0 unspecified atom stereocenters. The first-order chi connectivity index (χ1) is 9.10. The van der Waals surface area contributed by atoms with Crippen molar-refractivity contribution in [2.75, 3.05) is 0 Å². The summed E-state index contributed by atoms with van der Waals surface area (Å²) in [4.78, 5) is 24.8. The van der Waals surface area contributed by atoms with Gasteiger partial charge in [-0.05, 0) is 24.6 Å². The van der Waals surface area contributed by atoms with Crippen LogP contribution in [0, 0.1) is 17.0 Å². The van der Waals surface area contributed by atoms with E-state index in [0.29, 0.717) is 11.8 Å². The lowest BCUT2D eigenvalue weighted by Crippen LogP contribution is -1.95. The van der Waals surface area contributed by atoms with Gasteiger partial charge in [-0.2, -0.15) is 0 Å². The molecule has 6 heteroatoms. The van der Waals surface area contributed by atoms with Crippen molar-refractivity contribution in [3.05, 3.63) is 57.8 Å². The molecule has 2 rings (SSSR count). The number of aldehydes is 1. The number of nitro groups is 1. The zero-order chi connectivity index (χ0) is 13.8. The predicted molar refractivity (Wildman–Crippen MR) is 67.5 cm³/mol. The minimum Gasteiger partial charge on any atom is -0.432 e. The van der Waals surface area contributed by atoms with Crippen LogP contribution >= 0.6 is 0 Å². The van der Waals surface area contributed by atoms with Crippen molar-refractivity contribution in [3.63, 3.8) is 0 Å². The van der Waals surface area contributed by atoms with Gasteiger partial charge >= 0.3 is 5.69 Å². The van der Waals surface area contributed by atoms with Crippen LogP contribution in [-0.2, 0) is 0 Å². The van der Waals surface area contributed by atoms with Gasteiger partial charge in [-0.15, -0.1) is 0 Å². The molecule has 0 aliphatic heterocycles. The Morgan fingerprint density at radius 2 is 2.11 bits per heavy atom. The molecule has 0 atom stereocenters. The Bertz CT molecular complexity index is 623. The maximum absolute atomic E-state index is 10.9. The number of nitro benzene ring substituents is 1. The summed E-state index contributed by atoms with van der Waals surface area (Å²) in [6.45, 7) is 1.76. The zero-order valence-electron chi connectivity index (χ0n) is 10.1. The van der Waals surface area contributed by atoms with Crippen LogP contribution < -0.4 is 4.74 Å². The third-order valence-electron chi connectivity index (χ3n) is 2.42. The molecule has 6 nitrogen and oxygen atoms in total. The Hall–Kier alpha value is -2.76. The number of nitrogens with zero attached hydrogens (tertiary/aromatic N) is 2. The number of hydrogen-bond donors (Lipinski definition) is 0. The summed E-state index contributed by atoms with van der Waals surface area (Å²) in [5.74, 6) is 0.305. The van der Waals surface area contributed by atoms with Crippen LogP contribution in [0.5, 0.6) is 11.6 Å². The lowest BCUT2D eigenvalue weighted by molar-refractivity contribution is -0.385. The van der Waals surface area contributed by atoms with Crippen LogP contribution in [0.1, 0.15) is 15.9 Å². The fourth-order valence-electron chi connectivity index (χ4n) is 1.49. The number of carbonyl (C=O) groups excluding carboxylic acids is 1. The molecule has 0 saturated heterocycles. The highest BCUT2D eigenvalue weighted by Gasteiger charge is 2.16. The molecule has 0 saturated carbocycles. The standard InChI is InChI=1S/C13H10N2O4/c1-9-2-4-12(11(6-9)15(17)18)19-13-5-3-10(8-16)7-14-13/h2-8H,1H3. The molecule has 0 N–H and O–H groups in total. The molecule has 0 spiro atoms. The van der Waals surface area contributed by atoms with Crippen LogP contribution in [0.25, 0.3) is 0 Å². The van der Waals surface area contributed by atoms with Crippen molar-refractivity contribution in [1.82, 2.24) is 4.98 Å². The van der Waals surface area contributed by atoms with E-state index in [-0.39, 0.29) is 17.3 Å². The highest BCUT2D eigenvalue weighted by molar-refractivity contribution is 5.74. The summed E-state index contributed by atoms with van der Waals surface area (Å²) in [7, 11) is 0. The van der Waals surface area contributed by atoms with E-state index in [9.17, 15) is 14.9 Å². The summed E-state index contributed by atoms with van der Waals surface area (Å²) in [5, 5.41) is 10.9. The topological polar surface area (TPSA) is 82.3 Å². The van der Waals surface area contributed by atoms with Gasteiger partial charge in [0.05, 0.1) is 4.92 Å². The fourth-order valence-corrected chi connectivity index (χ4v) is 1.49. The maximum Gasteiger partial charge on any atom is 0.311 e. The molecular weight excluding hydrogens is 248 g/mol. The number of rotatable bonds is 4. The van der Waals surface area contributed by atoms with E-state index in [1.165, 1.54) is 30.5 Å². The van der Waals surface area contributed by atoms with Crippen molar-refractivity contribution in [2.24, 2.45) is 0 Å². The van der Waals surface area contributed by atoms with E-state index in [4.69, 9.17) is 4.74 Å². The first-order valence-corrected chi connectivity index (χ1v) is 5.44.